The molecule has 1 atom stereocenters. The van der Waals surface area contributed by atoms with Gasteiger partial charge >= 0.3 is 18.1 Å². The number of aromatic nitrogens is 2. The van der Waals surface area contributed by atoms with Gasteiger partial charge in [-0.2, -0.15) is 18.3 Å². The molecule has 8 nitrogen and oxygen atoms in total. The van der Waals surface area contributed by atoms with Crippen LogP contribution in [0.1, 0.15) is 28.0 Å². The Morgan fingerprint density at radius 3 is 2.39 bits per heavy atom. The maximum atomic E-state index is 11.3. The monoisotopic (exact) mass is 442 g/mol. The van der Waals surface area contributed by atoms with Gasteiger partial charge in [0.15, 0.2) is 5.69 Å². The van der Waals surface area contributed by atoms with Crippen molar-refractivity contribution >= 4 is 11.9 Å². The Hall–Kier alpha value is -2.92. The highest BCUT2D eigenvalue weighted by Crippen LogP contribution is 2.20. The summed E-state index contributed by atoms with van der Waals surface area (Å²) in [6, 6.07) is 11.0. The van der Waals surface area contributed by atoms with E-state index < -0.39 is 18.1 Å². The second kappa shape index (κ2) is 10.4. The van der Waals surface area contributed by atoms with Crippen LogP contribution in [0.2, 0.25) is 0 Å². The molecule has 3 rings (SSSR count). The van der Waals surface area contributed by atoms with Crippen LogP contribution in [0, 0.1) is 0 Å². The van der Waals surface area contributed by atoms with E-state index in [1.54, 1.807) is 11.7 Å². The maximum Gasteiger partial charge on any atom is 0.490 e. The molecule has 1 aliphatic heterocycles. The van der Waals surface area contributed by atoms with Gasteiger partial charge in [-0.25, -0.2) is 9.59 Å². The van der Waals surface area contributed by atoms with Crippen LogP contribution >= 0.6 is 0 Å². The summed E-state index contributed by atoms with van der Waals surface area (Å²) in [7, 11) is 3.92. The average molecular weight is 442 g/mol. The predicted molar refractivity (Wildman–Crippen MR) is 105 cm³/mol. The van der Waals surface area contributed by atoms with E-state index in [9.17, 15) is 23.1 Å². The fraction of sp³-hybridized carbons (Fsp3) is 0.450. The summed E-state index contributed by atoms with van der Waals surface area (Å²) in [6.45, 7) is 3.52. The Bertz CT molecular complexity index is 886. The Kier molecular flexibility index (Phi) is 8.17. The molecule has 1 aliphatic rings. The molecule has 11 heteroatoms. The minimum absolute atomic E-state index is 0.165. The van der Waals surface area contributed by atoms with Crippen molar-refractivity contribution in [2.45, 2.75) is 31.7 Å². The number of carboxylic acids is 2. The van der Waals surface area contributed by atoms with E-state index in [1.807, 2.05) is 12.3 Å². The van der Waals surface area contributed by atoms with Gasteiger partial charge < -0.3 is 10.2 Å². The molecule has 0 spiro atoms. The average Bonchev–Trinajstić information content (AvgIpc) is 3.29. The quantitative estimate of drug-likeness (QED) is 0.709. The smallest absolute Gasteiger partial charge is 0.476 e. The van der Waals surface area contributed by atoms with Crippen molar-refractivity contribution < 1.29 is 33.0 Å². The summed E-state index contributed by atoms with van der Waals surface area (Å²) >= 11 is 0. The highest BCUT2D eigenvalue weighted by atomic mass is 19.4. The summed E-state index contributed by atoms with van der Waals surface area (Å²) in [5.41, 5.74) is 2.27. The number of carbonyl (C=O) groups is 2. The van der Waals surface area contributed by atoms with Gasteiger partial charge in [0.2, 0.25) is 0 Å². The van der Waals surface area contributed by atoms with Crippen LogP contribution in [0.15, 0.2) is 36.5 Å². The number of halogens is 3. The Labute approximate surface area is 177 Å². The second-order valence-electron chi connectivity index (χ2n) is 7.36. The SMILES string of the molecule is CN(Cc1ccccc1)C1CCN(Cc2cn(C)nc2C(=O)O)C1.O=C(O)C(F)(F)F. The molecule has 0 aliphatic carbocycles. The molecule has 0 saturated carbocycles. The standard InChI is InChI=1S/C18H24N4O2.C2HF3O2/c1-20(10-14-6-4-3-5-7-14)16-8-9-22(13-16)12-15-11-21(2)19-17(15)18(23)24;3-2(4,5)1(6)7/h3-7,11,16H,8-10,12-13H2,1-2H3,(H,23,24);(H,6,7). The lowest BCUT2D eigenvalue weighted by Gasteiger charge is -2.24. The van der Waals surface area contributed by atoms with Gasteiger partial charge in [-0.05, 0) is 19.0 Å². The third-order valence-electron chi connectivity index (χ3n) is 4.89. The van der Waals surface area contributed by atoms with E-state index in [4.69, 9.17) is 9.90 Å². The second-order valence-corrected chi connectivity index (χ2v) is 7.36. The molecule has 1 unspecified atom stereocenters. The van der Waals surface area contributed by atoms with Crippen molar-refractivity contribution in [3.8, 4) is 0 Å². The Balaban J connectivity index is 0.000000423. The number of alkyl halides is 3. The van der Waals surface area contributed by atoms with Gasteiger partial charge in [0, 0.05) is 51.0 Å². The number of aryl methyl sites for hydroxylation is 1. The number of aromatic carboxylic acids is 1. The van der Waals surface area contributed by atoms with Gasteiger partial charge in [0.25, 0.3) is 0 Å². The van der Waals surface area contributed by atoms with E-state index in [1.165, 1.54) is 5.56 Å². The normalized spacial score (nSPS) is 16.8. The number of carboxylic acid groups (broad SMARTS) is 2. The van der Waals surface area contributed by atoms with Crippen LogP contribution in [0.5, 0.6) is 0 Å². The summed E-state index contributed by atoms with van der Waals surface area (Å²) < 4.78 is 33.3. The van der Waals surface area contributed by atoms with Crippen molar-refractivity contribution in [1.29, 1.82) is 0 Å². The number of likely N-dealkylation sites (tertiary alicyclic amines) is 1. The highest BCUT2D eigenvalue weighted by molar-refractivity contribution is 5.86. The summed E-state index contributed by atoms with van der Waals surface area (Å²) in [4.78, 5) is 24.9. The molecule has 0 bridgehead atoms. The van der Waals surface area contributed by atoms with Gasteiger partial charge in [-0.15, -0.1) is 0 Å². The highest BCUT2D eigenvalue weighted by Gasteiger charge is 2.38. The molecule has 0 radical (unpaired) electrons. The van der Waals surface area contributed by atoms with Crippen molar-refractivity contribution in [1.82, 2.24) is 19.6 Å². The zero-order valence-corrected chi connectivity index (χ0v) is 17.2. The van der Waals surface area contributed by atoms with Crippen LogP contribution in [0.25, 0.3) is 0 Å². The number of hydrogen-bond donors (Lipinski definition) is 2. The van der Waals surface area contributed by atoms with Crippen molar-refractivity contribution in [2.75, 3.05) is 20.1 Å². The van der Waals surface area contributed by atoms with E-state index >= 15 is 0 Å². The Morgan fingerprint density at radius 2 is 1.84 bits per heavy atom. The molecular weight excluding hydrogens is 417 g/mol. The topological polar surface area (TPSA) is 98.9 Å². The molecule has 0 amide bonds. The lowest BCUT2D eigenvalue weighted by molar-refractivity contribution is -0.192. The maximum absolute atomic E-state index is 11.3. The molecule has 1 fully saturated rings. The fourth-order valence-corrected chi connectivity index (χ4v) is 3.39. The molecule has 1 aromatic carbocycles. The molecular formula is C20H25F3N4O4. The third-order valence-corrected chi connectivity index (χ3v) is 4.89. The molecule has 1 saturated heterocycles. The summed E-state index contributed by atoms with van der Waals surface area (Å²) in [5, 5.41) is 20.4. The predicted octanol–water partition coefficient (Wildman–Crippen LogP) is 2.46. The zero-order valence-electron chi connectivity index (χ0n) is 17.2. The van der Waals surface area contributed by atoms with Gasteiger partial charge in [-0.3, -0.25) is 14.5 Å². The lowest BCUT2D eigenvalue weighted by Crippen LogP contribution is -2.34. The van der Waals surface area contributed by atoms with Gasteiger partial charge in [-0.1, -0.05) is 30.3 Å². The van der Waals surface area contributed by atoms with Gasteiger partial charge in [0.1, 0.15) is 0 Å². The number of aliphatic carboxylic acids is 1. The minimum atomic E-state index is -5.08. The van der Waals surface area contributed by atoms with Crippen LogP contribution in [0.3, 0.4) is 0 Å². The molecule has 1 aromatic heterocycles. The van der Waals surface area contributed by atoms with Crippen LogP contribution in [-0.4, -0.2) is 74.1 Å². The fourth-order valence-electron chi connectivity index (χ4n) is 3.39. The van der Waals surface area contributed by atoms with E-state index in [0.29, 0.717) is 12.6 Å². The summed E-state index contributed by atoms with van der Waals surface area (Å²) in [6.07, 6.45) is -2.17. The number of nitrogens with zero attached hydrogens (tertiary/aromatic N) is 4. The number of likely N-dealkylation sites (N-methyl/N-ethyl adjacent to an activating group) is 1. The van der Waals surface area contributed by atoms with Gasteiger partial charge in [0.05, 0.1) is 0 Å². The van der Waals surface area contributed by atoms with Crippen molar-refractivity contribution in [3.05, 3.63) is 53.3 Å². The Morgan fingerprint density at radius 1 is 1.23 bits per heavy atom. The number of hydrogen-bond acceptors (Lipinski definition) is 5. The van der Waals surface area contributed by atoms with E-state index in [0.717, 1.165) is 31.6 Å². The first-order chi connectivity index (χ1) is 14.5. The number of rotatable bonds is 6. The first-order valence-corrected chi connectivity index (χ1v) is 9.49. The molecule has 2 N–H and O–H groups in total. The summed E-state index contributed by atoms with van der Waals surface area (Å²) in [5.74, 6) is -3.71. The molecule has 170 valence electrons. The third kappa shape index (κ3) is 7.37. The first kappa shape index (κ1) is 24.4. The molecule has 2 aromatic rings. The number of benzene rings is 1. The van der Waals surface area contributed by atoms with Crippen LogP contribution < -0.4 is 0 Å². The lowest BCUT2D eigenvalue weighted by atomic mass is 10.1. The van der Waals surface area contributed by atoms with E-state index in [-0.39, 0.29) is 5.69 Å². The van der Waals surface area contributed by atoms with Crippen molar-refractivity contribution in [2.24, 2.45) is 7.05 Å². The minimum Gasteiger partial charge on any atom is -0.476 e. The first-order valence-electron chi connectivity index (χ1n) is 9.49. The zero-order chi connectivity index (χ0) is 23.2. The molecule has 2 heterocycles. The van der Waals surface area contributed by atoms with Crippen LogP contribution in [0.4, 0.5) is 13.2 Å². The van der Waals surface area contributed by atoms with Crippen molar-refractivity contribution in [3.63, 3.8) is 0 Å². The largest absolute Gasteiger partial charge is 0.490 e. The van der Waals surface area contributed by atoms with E-state index in [2.05, 4.69) is 46.2 Å². The molecule has 31 heavy (non-hydrogen) atoms. The van der Waals surface area contributed by atoms with Crippen LogP contribution in [-0.2, 0) is 24.9 Å².